The van der Waals surface area contributed by atoms with Gasteiger partial charge in [-0.1, -0.05) is 25.1 Å². The van der Waals surface area contributed by atoms with Crippen molar-refractivity contribution in [2.45, 2.75) is 138 Å². The molecule has 12 heteroatoms. The van der Waals surface area contributed by atoms with Crippen LogP contribution >= 0.6 is 15.9 Å². The van der Waals surface area contributed by atoms with E-state index in [0.29, 0.717) is 0 Å². The van der Waals surface area contributed by atoms with Crippen molar-refractivity contribution in [2.75, 3.05) is 0 Å². The van der Waals surface area contributed by atoms with Crippen molar-refractivity contribution >= 4 is 64.3 Å². The van der Waals surface area contributed by atoms with Crippen LogP contribution < -0.4 is 5.46 Å². The minimum atomic E-state index is -0.476. The summed E-state index contributed by atoms with van der Waals surface area (Å²) in [6, 6.07) is 12.6. The first-order valence-electron chi connectivity index (χ1n) is 16.8. The fourth-order valence-electron chi connectivity index (χ4n) is 5.74. The van der Waals surface area contributed by atoms with Crippen LogP contribution in [0.4, 0.5) is 0 Å². The maximum atomic E-state index is 6.17. The lowest BCUT2D eigenvalue weighted by Crippen LogP contribution is -2.41. The highest BCUT2D eigenvalue weighted by molar-refractivity contribution is 9.10. The van der Waals surface area contributed by atoms with Crippen LogP contribution in [-0.4, -0.2) is 64.7 Å². The van der Waals surface area contributed by atoms with Crippen LogP contribution in [0, 0.1) is 13.8 Å². The van der Waals surface area contributed by atoms with Crippen LogP contribution in [0.15, 0.2) is 53.3 Å². The second kappa shape index (κ2) is 13.5. The average molecular weight is 737 g/mol. The van der Waals surface area contributed by atoms with Crippen molar-refractivity contribution in [3.63, 3.8) is 0 Å². The first-order chi connectivity index (χ1) is 22.0. The van der Waals surface area contributed by atoms with E-state index < -0.39 is 14.0 Å². The zero-order valence-corrected chi connectivity index (χ0v) is 32.8. The number of aromatic amines is 2. The molecule has 5 heterocycles. The van der Waals surface area contributed by atoms with Gasteiger partial charge in [-0.2, -0.15) is 0 Å². The molecule has 0 radical (unpaired) electrons. The van der Waals surface area contributed by atoms with Gasteiger partial charge in [0.15, 0.2) is 0 Å². The standard InChI is InChI=1S/C15H20BNO2.C12H24B2O4.C9H8BrN.CH4/c1-10-6-7-12-11(8-9-17-12)13(10)16-18-14(2,3)15(4,5)19-16;1-9(2)10(3,4)16-13(15-9)14-17-11(5,6)12(7,8)18-14;1-6-2-3-8-7(9(6)10)4-5-11-8;/h6-9,17H,1-5H3;1-8H3;2-5,11H,1H3;1H4. The SMILES string of the molecule is C.CC1(C)OB(B2OC(C)(C)C(C)(C)O2)OC1(C)C.Cc1ccc2[nH]ccc2c1B1OC(C)(C)C(C)(C)O1.Cc1ccc2[nH]ccc2c1Br. The topological polar surface area (TPSA) is 87.0 Å². The molecule has 0 bridgehead atoms. The third kappa shape index (κ3) is 7.48. The second-order valence-electron chi connectivity index (χ2n) is 16.2. The molecule has 7 rings (SSSR count). The fourth-order valence-corrected chi connectivity index (χ4v) is 6.22. The van der Waals surface area contributed by atoms with E-state index in [2.05, 4.69) is 104 Å². The van der Waals surface area contributed by atoms with E-state index in [4.69, 9.17) is 27.9 Å². The van der Waals surface area contributed by atoms with E-state index in [1.54, 1.807) is 0 Å². The molecule has 8 nitrogen and oxygen atoms in total. The Kier molecular flexibility index (Phi) is 10.9. The Bertz CT molecular complexity index is 1700. The van der Waals surface area contributed by atoms with Gasteiger partial charge in [-0.05, 0) is 154 Å². The van der Waals surface area contributed by atoms with Crippen LogP contribution in [0.1, 0.15) is 102 Å². The summed E-state index contributed by atoms with van der Waals surface area (Å²) < 4.78 is 37.4. The molecule has 3 saturated heterocycles. The van der Waals surface area contributed by atoms with Gasteiger partial charge < -0.3 is 37.9 Å². The molecular formula is C37H56B3BrN2O6. The van der Waals surface area contributed by atoms with E-state index in [-0.39, 0.29) is 48.2 Å². The van der Waals surface area contributed by atoms with Gasteiger partial charge in [-0.3, -0.25) is 0 Å². The highest BCUT2D eigenvalue weighted by Crippen LogP contribution is 2.43. The molecule has 0 saturated carbocycles. The van der Waals surface area contributed by atoms with Gasteiger partial charge in [0.2, 0.25) is 0 Å². The minimum absolute atomic E-state index is 0. The summed E-state index contributed by atoms with van der Waals surface area (Å²) in [6.45, 7) is 28.7. The summed E-state index contributed by atoms with van der Waals surface area (Å²) in [4.78, 5) is 6.40. The normalized spacial score (nSPS) is 22.4. The van der Waals surface area contributed by atoms with Gasteiger partial charge >= 0.3 is 21.1 Å². The summed E-state index contributed by atoms with van der Waals surface area (Å²) in [6.07, 6.45) is 3.91. The second-order valence-corrected chi connectivity index (χ2v) is 17.0. The highest BCUT2D eigenvalue weighted by atomic mass is 79.9. The number of aromatic nitrogens is 2. The number of fused-ring (bicyclic) bond motifs is 2. The molecule has 0 amide bonds. The van der Waals surface area contributed by atoms with Gasteiger partial charge in [-0.25, -0.2) is 0 Å². The Morgan fingerprint density at radius 3 is 1.27 bits per heavy atom. The number of H-pyrrole nitrogens is 2. The Morgan fingerprint density at radius 1 is 0.490 bits per heavy atom. The van der Waals surface area contributed by atoms with E-state index >= 15 is 0 Å². The molecule has 3 fully saturated rings. The van der Waals surface area contributed by atoms with Crippen LogP contribution in [0.2, 0.25) is 0 Å². The molecule has 49 heavy (non-hydrogen) atoms. The van der Waals surface area contributed by atoms with Crippen molar-refractivity contribution in [3.05, 3.63) is 64.4 Å². The molecule has 0 atom stereocenters. The summed E-state index contributed by atoms with van der Waals surface area (Å²) >= 11 is 3.54. The number of aryl methyl sites for hydroxylation is 2. The van der Waals surface area contributed by atoms with Crippen molar-refractivity contribution in [2.24, 2.45) is 0 Å². The van der Waals surface area contributed by atoms with Crippen LogP contribution in [0.3, 0.4) is 0 Å². The Labute approximate surface area is 303 Å². The first kappa shape index (κ1) is 39.7. The summed E-state index contributed by atoms with van der Waals surface area (Å²) in [7, 11) is -1.25. The number of benzene rings is 2. The largest absolute Gasteiger partial charge is 0.495 e. The van der Waals surface area contributed by atoms with E-state index in [1.165, 1.54) is 31.9 Å². The molecule has 4 aromatic rings. The van der Waals surface area contributed by atoms with Crippen LogP contribution in [0.5, 0.6) is 0 Å². The van der Waals surface area contributed by atoms with Crippen LogP contribution in [0.25, 0.3) is 21.8 Å². The molecule has 3 aliphatic heterocycles. The summed E-state index contributed by atoms with van der Waals surface area (Å²) in [5.41, 5.74) is 3.87. The molecule has 0 spiro atoms. The number of rotatable bonds is 2. The van der Waals surface area contributed by atoms with Crippen molar-refractivity contribution in [1.29, 1.82) is 0 Å². The maximum absolute atomic E-state index is 6.17. The predicted molar refractivity (Wildman–Crippen MR) is 208 cm³/mol. The number of halogens is 1. The van der Waals surface area contributed by atoms with Gasteiger partial charge in [0.25, 0.3) is 0 Å². The van der Waals surface area contributed by atoms with E-state index in [0.717, 1.165) is 11.0 Å². The zero-order valence-electron chi connectivity index (χ0n) is 31.2. The average Bonchev–Trinajstić information content (AvgIpc) is 3.74. The Morgan fingerprint density at radius 2 is 0.837 bits per heavy atom. The van der Waals surface area contributed by atoms with Gasteiger partial charge in [0, 0.05) is 33.3 Å². The third-order valence-electron chi connectivity index (χ3n) is 11.1. The molecule has 0 aliphatic carbocycles. The number of hydrogen-bond donors (Lipinski definition) is 2. The lowest BCUT2D eigenvalue weighted by molar-refractivity contribution is 0.00578. The molecule has 266 valence electrons. The first-order valence-corrected chi connectivity index (χ1v) is 17.6. The summed E-state index contributed by atoms with van der Waals surface area (Å²) in [5, 5.41) is 2.43. The molecule has 2 N–H and O–H groups in total. The lowest BCUT2D eigenvalue weighted by Gasteiger charge is -2.32. The quantitative estimate of drug-likeness (QED) is 0.200. The van der Waals surface area contributed by atoms with Crippen molar-refractivity contribution in [1.82, 2.24) is 9.97 Å². The fraction of sp³-hybridized carbons (Fsp3) is 0.568. The van der Waals surface area contributed by atoms with Crippen molar-refractivity contribution in [3.8, 4) is 0 Å². The summed E-state index contributed by atoms with van der Waals surface area (Å²) in [5.74, 6) is 0. The Balaban J connectivity index is 0.000000169. The number of hydrogen-bond acceptors (Lipinski definition) is 6. The molecular weight excluding hydrogens is 681 g/mol. The van der Waals surface area contributed by atoms with Gasteiger partial charge in [0.05, 0.1) is 33.6 Å². The molecule has 2 aromatic heterocycles. The smallest absolute Gasteiger partial charge is 0.405 e. The third-order valence-corrected chi connectivity index (χ3v) is 12.2. The van der Waals surface area contributed by atoms with E-state index in [9.17, 15) is 0 Å². The lowest BCUT2D eigenvalue weighted by atomic mass is 9.49. The molecule has 2 aromatic carbocycles. The predicted octanol–water partition coefficient (Wildman–Crippen LogP) is 8.90. The van der Waals surface area contributed by atoms with Gasteiger partial charge in [0.1, 0.15) is 0 Å². The van der Waals surface area contributed by atoms with Gasteiger partial charge in [-0.15, -0.1) is 0 Å². The molecule has 0 unspecified atom stereocenters. The van der Waals surface area contributed by atoms with Crippen LogP contribution in [-0.2, 0) is 27.9 Å². The minimum Gasteiger partial charge on any atom is -0.405 e. The zero-order chi connectivity index (χ0) is 35.7. The molecule has 3 aliphatic rings. The monoisotopic (exact) mass is 736 g/mol. The highest BCUT2D eigenvalue weighted by Gasteiger charge is 2.63. The maximum Gasteiger partial charge on any atom is 0.495 e. The van der Waals surface area contributed by atoms with E-state index in [1.807, 2.05) is 67.8 Å². The Hall–Kier alpha value is -2.05. The number of nitrogens with one attached hydrogen (secondary N) is 2. The van der Waals surface area contributed by atoms with Crippen molar-refractivity contribution < 1.29 is 27.9 Å².